The molecule has 2 amide bonds. The van der Waals surface area contributed by atoms with E-state index in [1.54, 1.807) is 0 Å². The van der Waals surface area contributed by atoms with E-state index in [1.807, 2.05) is 29.2 Å². The maximum absolute atomic E-state index is 12.8. The van der Waals surface area contributed by atoms with E-state index in [-0.39, 0.29) is 11.8 Å². The van der Waals surface area contributed by atoms with E-state index >= 15 is 0 Å². The molecule has 0 unspecified atom stereocenters. The number of para-hydroxylation sites is 1. The fraction of sp³-hybridized carbons (Fsp3) is 0.579. The first-order valence-electron chi connectivity index (χ1n) is 8.76. The molecule has 1 fully saturated rings. The number of anilines is 1. The number of amides is 2. The number of likely N-dealkylation sites (tertiary alicyclic amines) is 1. The molecule has 4 nitrogen and oxygen atoms in total. The van der Waals surface area contributed by atoms with Gasteiger partial charge in [-0.1, -0.05) is 38.8 Å². The molecule has 126 valence electrons. The van der Waals surface area contributed by atoms with Crippen molar-refractivity contribution < 1.29 is 9.59 Å². The van der Waals surface area contributed by atoms with Crippen LogP contribution in [-0.4, -0.2) is 29.8 Å². The largest absolute Gasteiger partial charge is 0.339 e. The normalized spacial score (nSPS) is 15.3. The molecular formula is C19H28N2O2. The highest BCUT2D eigenvalue weighted by Crippen LogP contribution is 2.20. The van der Waals surface area contributed by atoms with Crippen LogP contribution in [0.4, 0.5) is 5.69 Å². The van der Waals surface area contributed by atoms with Crippen LogP contribution in [0.1, 0.15) is 62.7 Å². The number of carbonyl (C=O) groups is 2. The molecule has 1 aromatic carbocycles. The predicted octanol–water partition coefficient (Wildman–Crippen LogP) is 4.08. The van der Waals surface area contributed by atoms with Crippen LogP contribution in [0.15, 0.2) is 24.3 Å². The smallest absolute Gasteiger partial charge is 0.255 e. The molecule has 1 N–H and O–H groups in total. The molecule has 23 heavy (non-hydrogen) atoms. The van der Waals surface area contributed by atoms with Crippen molar-refractivity contribution in [3.05, 3.63) is 29.8 Å². The third kappa shape index (κ3) is 5.38. The summed E-state index contributed by atoms with van der Waals surface area (Å²) < 4.78 is 0. The Labute approximate surface area is 139 Å². The number of hydrogen-bond donors (Lipinski definition) is 1. The van der Waals surface area contributed by atoms with Crippen molar-refractivity contribution in [1.82, 2.24) is 4.90 Å². The van der Waals surface area contributed by atoms with Gasteiger partial charge in [-0.2, -0.15) is 0 Å². The van der Waals surface area contributed by atoms with Gasteiger partial charge < -0.3 is 10.2 Å². The lowest BCUT2D eigenvalue weighted by atomic mass is 10.1. The van der Waals surface area contributed by atoms with Gasteiger partial charge in [0.25, 0.3) is 5.91 Å². The quantitative estimate of drug-likeness (QED) is 0.890. The van der Waals surface area contributed by atoms with E-state index in [1.165, 1.54) is 12.8 Å². The lowest BCUT2D eigenvalue weighted by Crippen LogP contribution is -2.32. The van der Waals surface area contributed by atoms with Crippen LogP contribution in [0.5, 0.6) is 0 Å². The Hall–Kier alpha value is -1.84. The third-order valence-corrected chi connectivity index (χ3v) is 4.27. The minimum Gasteiger partial charge on any atom is -0.339 e. The van der Waals surface area contributed by atoms with E-state index < -0.39 is 0 Å². The van der Waals surface area contributed by atoms with Crippen molar-refractivity contribution in [2.24, 2.45) is 5.92 Å². The molecule has 0 aliphatic carbocycles. The van der Waals surface area contributed by atoms with Gasteiger partial charge in [0.2, 0.25) is 5.91 Å². The van der Waals surface area contributed by atoms with Gasteiger partial charge in [0.1, 0.15) is 0 Å². The van der Waals surface area contributed by atoms with Gasteiger partial charge >= 0.3 is 0 Å². The van der Waals surface area contributed by atoms with Gasteiger partial charge in [-0.05, 0) is 37.3 Å². The molecule has 2 rings (SSSR count). The second-order valence-corrected chi connectivity index (χ2v) is 6.73. The van der Waals surface area contributed by atoms with E-state index in [0.29, 0.717) is 23.6 Å². The highest BCUT2D eigenvalue weighted by atomic mass is 16.2. The summed E-state index contributed by atoms with van der Waals surface area (Å²) in [5, 5.41) is 2.92. The third-order valence-electron chi connectivity index (χ3n) is 4.27. The predicted molar refractivity (Wildman–Crippen MR) is 93.5 cm³/mol. The molecule has 1 aliphatic heterocycles. The Morgan fingerprint density at radius 1 is 1.09 bits per heavy atom. The Morgan fingerprint density at radius 2 is 1.74 bits per heavy atom. The van der Waals surface area contributed by atoms with Gasteiger partial charge in [-0.25, -0.2) is 0 Å². The molecule has 1 saturated heterocycles. The summed E-state index contributed by atoms with van der Waals surface area (Å²) in [5.41, 5.74) is 1.24. The molecule has 0 bridgehead atoms. The lowest BCUT2D eigenvalue weighted by Gasteiger charge is -2.22. The van der Waals surface area contributed by atoms with E-state index in [0.717, 1.165) is 32.4 Å². The van der Waals surface area contributed by atoms with Crippen molar-refractivity contribution in [2.45, 2.75) is 52.4 Å². The fourth-order valence-electron chi connectivity index (χ4n) is 2.86. The van der Waals surface area contributed by atoms with Gasteiger partial charge in [0, 0.05) is 19.5 Å². The van der Waals surface area contributed by atoms with Crippen LogP contribution >= 0.6 is 0 Å². The first-order valence-corrected chi connectivity index (χ1v) is 8.76. The van der Waals surface area contributed by atoms with Crippen LogP contribution in [0.25, 0.3) is 0 Å². The Bertz CT molecular complexity index is 532. The average molecular weight is 316 g/mol. The highest BCUT2D eigenvalue weighted by molar-refractivity contribution is 6.03. The summed E-state index contributed by atoms with van der Waals surface area (Å²) in [4.78, 5) is 26.8. The van der Waals surface area contributed by atoms with Gasteiger partial charge in [0.15, 0.2) is 0 Å². The van der Waals surface area contributed by atoms with Crippen LogP contribution < -0.4 is 5.32 Å². The average Bonchev–Trinajstić information content (AvgIpc) is 2.82. The van der Waals surface area contributed by atoms with Crippen molar-refractivity contribution in [3.8, 4) is 0 Å². The number of nitrogens with one attached hydrogen (secondary N) is 1. The summed E-state index contributed by atoms with van der Waals surface area (Å²) >= 11 is 0. The number of hydrogen-bond acceptors (Lipinski definition) is 2. The van der Waals surface area contributed by atoms with Crippen molar-refractivity contribution in [1.29, 1.82) is 0 Å². The Morgan fingerprint density at radius 3 is 2.39 bits per heavy atom. The SMILES string of the molecule is CC(C)CCC(=O)Nc1ccccc1C(=O)N1CCCCCC1. The number of benzene rings is 1. The second-order valence-electron chi connectivity index (χ2n) is 6.73. The first kappa shape index (κ1) is 17.5. The van der Waals surface area contributed by atoms with Gasteiger partial charge in [-0.15, -0.1) is 0 Å². The van der Waals surface area contributed by atoms with Crippen LogP contribution in [0.3, 0.4) is 0 Å². The van der Waals surface area contributed by atoms with E-state index in [2.05, 4.69) is 19.2 Å². The molecule has 0 spiro atoms. The second kappa shape index (κ2) is 8.70. The molecule has 1 aromatic rings. The summed E-state index contributed by atoms with van der Waals surface area (Å²) in [6.45, 7) is 5.83. The van der Waals surface area contributed by atoms with Gasteiger partial charge in [-0.3, -0.25) is 9.59 Å². The van der Waals surface area contributed by atoms with E-state index in [9.17, 15) is 9.59 Å². The molecule has 0 radical (unpaired) electrons. The lowest BCUT2D eigenvalue weighted by molar-refractivity contribution is -0.116. The van der Waals surface area contributed by atoms with Crippen molar-refractivity contribution in [3.63, 3.8) is 0 Å². The zero-order valence-corrected chi connectivity index (χ0v) is 14.3. The topological polar surface area (TPSA) is 49.4 Å². The zero-order chi connectivity index (χ0) is 16.7. The molecule has 0 saturated carbocycles. The Kier molecular flexibility index (Phi) is 6.63. The van der Waals surface area contributed by atoms with Gasteiger partial charge in [0.05, 0.1) is 11.3 Å². The molecule has 0 aromatic heterocycles. The Balaban J connectivity index is 2.07. The molecule has 1 aliphatic rings. The fourth-order valence-corrected chi connectivity index (χ4v) is 2.86. The molecule has 4 heteroatoms. The highest BCUT2D eigenvalue weighted by Gasteiger charge is 2.20. The summed E-state index contributed by atoms with van der Waals surface area (Å²) in [5.74, 6) is 0.510. The number of rotatable bonds is 5. The minimum atomic E-state index is -0.0187. The van der Waals surface area contributed by atoms with Crippen molar-refractivity contribution in [2.75, 3.05) is 18.4 Å². The summed E-state index contributed by atoms with van der Waals surface area (Å²) in [6, 6.07) is 7.34. The minimum absolute atomic E-state index is 0.0187. The zero-order valence-electron chi connectivity index (χ0n) is 14.3. The maximum Gasteiger partial charge on any atom is 0.255 e. The number of carbonyl (C=O) groups excluding carboxylic acids is 2. The number of nitrogens with zero attached hydrogens (tertiary/aromatic N) is 1. The molecule has 0 atom stereocenters. The maximum atomic E-state index is 12.8. The monoisotopic (exact) mass is 316 g/mol. The summed E-state index contributed by atoms with van der Waals surface area (Å²) in [7, 11) is 0. The molecular weight excluding hydrogens is 288 g/mol. The standard InChI is InChI=1S/C19H28N2O2/c1-15(2)11-12-18(22)20-17-10-6-5-9-16(17)19(23)21-13-7-3-4-8-14-21/h5-6,9-10,15H,3-4,7-8,11-14H2,1-2H3,(H,20,22). The van der Waals surface area contributed by atoms with Crippen LogP contribution in [-0.2, 0) is 4.79 Å². The first-order chi connectivity index (χ1) is 11.1. The van der Waals surface area contributed by atoms with Crippen molar-refractivity contribution >= 4 is 17.5 Å². The molecule has 1 heterocycles. The van der Waals surface area contributed by atoms with Crippen LogP contribution in [0, 0.1) is 5.92 Å². The van der Waals surface area contributed by atoms with Crippen LogP contribution in [0.2, 0.25) is 0 Å². The summed E-state index contributed by atoms with van der Waals surface area (Å²) in [6.07, 6.45) is 5.86. The van der Waals surface area contributed by atoms with E-state index in [4.69, 9.17) is 0 Å².